The minimum atomic E-state index is -0.368. The molecule has 28 heavy (non-hydrogen) atoms. The summed E-state index contributed by atoms with van der Waals surface area (Å²) in [4.78, 5) is 20.5. The molecule has 0 aliphatic heterocycles. The van der Waals surface area contributed by atoms with Crippen LogP contribution >= 0.6 is 0 Å². The largest absolute Gasteiger partial charge is 0.355 e. The number of carbonyl (C=O) groups is 1. The number of aromatic amines is 1. The van der Waals surface area contributed by atoms with Crippen LogP contribution in [0.15, 0.2) is 78.9 Å². The van der Waals surface area contributed by atoms with E-state index in [1.807, 2.05) is 60.7 Å². The highest BCUT2D eigenvalue weighted by Gasteiger charge is 2.22. The molecule has 3 aromatic carbocycles. The first kappa shape index (κ1) is 17.9. The number of nitrogens with one attached hydrogen (secondary N) is 2. The number of carbonyl (C=O) groups excluding carboxylic acids is 1. The molecule has 1 amide bonds. The highest BCUT2D eigenvalue weighted by atomic mass is 19.1. The maximum absolute atomic E-state index is 13.3. The van der Waals surface area contributed by atoms with Crippen LogP contribution in [0, 0.1) is 5.82 Å². The number of fused-ring (bicyclic) bond motifs is 1. The highest BCUT2D eigenvalue weighted by Crippen LogP contribution is 2.24. The number of hydrogen-bond donors (Lipinski definition) is 2. The van der Waals surface area contributed by atoms with Crippen LogP contribution in [0.2, 0.25) is 0 Å². The molecule has 0 saturated heterocycles. The first-order chi connectivity index (χ1) is 13.7. The van der Waals surface area contributed by atoms with E-state index in [1.165, 1.54) is 12.1 Å². The zero-order chi connectivity index (χ0) is 19.3. The van der Waals surface area contributed by atoms with Gasteiger partial charge in [-0.05, 0) is 29.3 Å². The van der Waals surface area contributed by atoms with Crippen LogP contribution in [0.5, 0.6) is 0 Å². The van der Waals surface area contributed by atoms with E-state index in [1.54, 1.807) is 6.07 Å². The molecule has 0 spiro atoms. The van der Waals surface area contributed by atoms with Gasteiger partial charge in [-0.2, -0.15) is 0 Å². The van der Waals surface area contributed by atoms with Gasteiger partial charge in [0.1, 0.15) is 11.6 Å². The second kappa shape index (κ2) is 8.05. The van der Waals surface area contributed by atoms with Crippen molar-refractivity contribution in [2.24, 2.45) is 0 Å². The average Bonchev–Trinajstić information content (AvgIpc) is 3.11. The Morgan fingerprint density at radius 1 is 0.964 bits per heavy atom. The Kier molecular flexibility index (Phi) is 5.15. The molecule has 4 aromatic rings. The van der Waals surface area contributed by atoms with E-state index >= 15 is 0 Å². The fourth-order valence-electron chi connectivity index (χ4n) is 3.35. The second-order valence-corrected chi connectivity index (χ2v) is 6.64. The fourth-order valence-corrected chi connectivity index (χ4v) is 3.35. The Labute approximate surface area is 162 Å². The summed E-state index contributed by atoms with van der Waals surface area (Å²) < 4.78 is 13.3. The van der Waals surface area contributed by atoms with Crippen LogP contribution in [0.4, 0.5) is 4.39 Å². The Bertz CT molecular complexity index is 1040. The molecule has 0 unspecified atom stereocenters. The van der Waals surface area contributed by atoms with Crippen LogP contribution in [-0.4, -0.2) is 22.4 Å². The highest BCUT2D eigenvalue weighted by molar-refractivity contribution is 5.87. The van der Waals surface area contributed by atoms with Gasteiger partial charge >= 0.3 is 0 Å². The van der Waals surface area contributed by atoms with Gasteiger partial charge in [0.05, 0.1) is 17.0 Å². The van der Waals surface area contributed by atoms with Gasteiger partial charge in [0.25, 0.3) is 0 Å². The molecule has 0 aliphatic carbocycles. The predicted molar refractivity (Wildman–Crippen MR) is 107 cm³/mol. The maximum atomic E-state index is 13.3. The standard InChI is InChI=1S/C23H20FN3O/c24-18-11-12-19-20(15-18)27-21(26-19)13-14-25-23(28)22(16-7-3-1-4-8-16)17-9-5-2-6-10-17/h1-12,15,22H,13-14H2,(H,25,28)(H,26,27). The molecule has 0 atom stereocenters. The van der Waals surface area contributed by atoms with Crippen molar-refractivity contribution in [3.8, 4) is 0 Å². The first-order valence-corrected chi connectivity index (χ1v) is 9.22. The summed E-state index contributed by atoms with van der Waals surface area (Å²) in [6.45, 7) is 0.442. The van der Waals surface area contributed by atoms with Gasteiger partial charge < -0.3 is 10.3 Å². The topological polar surface area (TPSA) is 57.8 Å². The van der Waals surface area contributed by atoms with Gasteiger partial charge in [-0.3, -0.25) is 4.79 Å². The summed E-state index contributed by atoms with van der Waals surface area (Å²) in [5, 5.41) is 3.01. The zero-order valence-corrected chi connectivity index (χ0v) is 15.2. The third-order valence-corrected chi connectivity index (χ3v) is 4.68. The Hall–Kier alpha value is -3.47. The van der Waals surface area contributed by atoms with Crippen LogP contribution in [0.25, 0.3) is 11.0 Å². The van der Waals surface area contributed by atoms with Crippen molar-refractivity contribution >= 4 is 16.9 Å². The summed E-state index contributed by atoms with van der Waals surface area (Å²) in [6.07, 6.45) is 0.540. The van der Waals surface area contributed by atoms with Crippen LogP contribution in [0.3, 0.4) is 0 Å². The van der Waals surface area contributed by atoms with Gasteiger partial charge in [0.15, 0.2) is 0 Å². The number of H-pyrrole nitrogens is 1. The molecule has 4 nitrogen and oxygen atoms in total. The Morgan fingerprint density at radius 2 is 1.61 bits per heavy atom. The quantitative estimate of drug-likeness (QED) is 0.532. The van der Waals surface area contributed by atoms with Crippen molar-refractivity contribution in [1.29, 1.82) is 0 Å². The molecule has 2 N–H and O–H groups in total. The number of imidazole rings is 1. The van der Waals surface area contributed by atoms with Gasteiger partial charge in [0.2, 0.25) is 5.91 Å². The van der Waals surface area contributed by atoms with E-state index in [-0.39, 0.29) is 17.6 Å². The van der Waals surface area contributed by atoms with Crippen molar-refractivity contribution in [2.75, 3.05) is 6.54 Å². The molecular formula is C23H20FN3O. The van der Waals surface area contributed by atoms with E-state index in [4.69, 9.17) is 0 Å². The Balaban J connectivity index is 1.47. The van der Waals surface area contributed by atoms with E-state index in [0.29, 0.717) is 24.0 Å². The number of halogens is 1. The molecule has 0 saturated carbocycles. The Morgan fingerprint density at radius 3 is 2.25 bits per heavy atom. The molecule has 1 aromatic heterocycles. The monoisotopic (exact) mass is 373 g/mol. The number of aromatic nitrogens is 2. The van der Waals surface area contributed by atoms with E-state index in [2.05, 4.69) is 15.3 Å². The predicted octanol–water partition coefficient (Wildman–Crippen LogP) is 4.19. The minimum Gasteiger partial charge on any atom is -0.355 e. The second-order valence-electron chi connectivity index (χ2n) is 6.64. The number of amides is 1. The van der Waals surface area contributed by atoms with E-state index in [0.717, 1.165) is 17.0 Å². The molecule has 4 rings (SSSR count). The lowest BCUT2D eigenvalue weighted by atomic mass is 9.90. The molecule has 0 aliphatic rings. The summed E-state index contributed by atoms with van der Waals surface area (Å²) >= 11 is 0. The SMILES string of the molecule is O=C(NCCc1nc2ccc(F)cc2[nH]1)C(c1ccccc1)c1ccccc1. The van der Waals surface area contributed by atoms with Crippen LogP contribution < -0.4 is 5.32 Å². The third-order valence-electron chi connectivity index (χ3n) is 4.68. The van der Waals surface area contributed by atoms with Crippen molar-refractivity contribution in [3.63, 3.8) is 0 Å². The van der Waals surface area contributed by atoms with E-state index in [9.17, 15) is 9.18 Å². The summed E-state index contributed by atoms with van der Waals surface area (Å²) in [6, 6.07) is 23.9. The normalized spacial score (nSPS) is 11.1. The molecule has 1 heterocycles. The molecule has 5 heteroatoms. The lowest BCUT2D eigenvalue weighted by Gasteiger charge is -2.17. The summed E-state index contributed by atoms with van der Waals surface area (Å²) in [7, 11) is 0. The summed E-state index contributed by atoms with van der Waals surface area (Å²) in [5.74, 6) is -0.00633. The molecule has 140 valence electrons. The molecule has 0 bridgehead atoms. The first-order valence-electron chi connectivity index (χ1n) is 9.22. The number of benzene rings is 3. The third kappa shape index (κ3) is 3.93. The van der Waals surface area contributed by atoms with Gasteiger partial charge in [-0.1, -0.05) is 60.7 Å². The molecular weight excluding hydrogens is 353 g/mol. The number of nitrogens with zero attached hydrogens (tertiary/aromatic N) is 1. The maximum Gasteiger partial charge on any atom is 0.232 e. The van der Waals surface area contributed by atoms with Gasteiger partial charge in [0, 0.05) is 13.0 Å². The van der Waals surface area contributed by atoms with Crippen LogP contribution in [-0.2, 0) is 11.2 Å². The van der Waals surface area contributed by atoms with Crippen molar-refractivity contribution < 1.29 is 9.18 Å². The fraction of sp³-hybridized carbons (Fsp3) is 0.130. The van der Waals surface area contributed by atoms with Crippen molar-refractivity contribution in [2.45, 2.75) is 12.3 Å². The minimum absolute atomic E-state index is 0.0560. The van der Waals surface area contributed by atoms with Crippen molar-refractivity contribution in [1.82, 2.24) is 15.3 Å². The summed E-state index contributed by atoms with van der Waals surface area (Å²) in [5.41, 5.74) is 3.28. The lowest BCUT2D eigenvalue weighted by Crippen LogP contribution is -2.31. The average molecular weight is 373 g/mol. The smallest absolute Gasteiger partial charge is 0.232 e. The van der Waals surface area contributed by atoms with Gasteiger partial charge in [-0.25, -0.2) is 9.37 Å². The number of hydrogen-bond acceptors (Lipinski definition) is 2. The lowest BCUT2D eigenvalue weighted by molar-refractivity contribution is -0.121. The van der Waals surface area contributed by atoms with Gasteiger partial charge in [-0.15, -0.1) is 0 Å². The number of rotatable bonds is 6. The molecule has 0 radical (unpaired) electrons. The van der Waals surface area contributed by atoms with Crippen molar-refractivity contribution in [3.05, 3.63) is 102 Å². The van der Waals surface area contributed by atoms with E-state index < -0.39 is 0 Å². The zero-order valence-electron chi connectivity index (χ0n) is 15.2. The van der Waals surface area contributed by atoms with Crippen LogP contribution in [0.1, 0.15) is 22.9 Å². The molecule has 0 fully saturated rings.